The van der Waals surface area contributed by atoms with Gasteiger partial charge in [0.05, 0.1) is 12.1 Å². The smallest absolute Gasteiger partial charge is 0.138 e. The van der Waals surface area contributed by atoms with E-state index in [2.05, 4.69) is 36.1 Å². The first-order valence-corrected chi connectivity index (χ1v) is 7.38. The molecule has 2 unspecified atom stereocenters. The van der Waals surface area contributed by atoms with Gasteiger partial charge in [0, 0.05) is 11.0 Å². The van der Waals surface area contributed by atoms with E-state index in [0.717, 1.165) is 42.9 Å². The minimum Gasteiger partial charge on any atom is -0.391 e. The van der Waals surface area contributed by atoms with Gasteiger partial charge in [-0.2, -0.15) is 0 Å². The number of aliphatic hydroxyl groups excluding tert-OH is 1. The summed E-state index contributed by atoms with van der Waals surface area (Å²) >= 11 is 0. The number of anilines is 2. The van der Waals surface area contributed by atoms with E-state index in [1.54, 1.807) is 0 Å². The molecule has 2 rings (SSSR count). The van der Waals surface area contributed by atoms with Crippen LogP contribution in [0.25, 0.3) is 0 Å². The number of rotatable bonds is 2. The Hall–Kier alpha value is -1.36. The van der Waals surface area contributed by atoms with Crippen molar-refractivity contribution in [1.29, 1.82) is 0 Å². The van der Waals surface area contributed by atoms with Gasteiger partial charge in [0.1, 0.15) is 17.5 Å². The minimum absolute atomic E-state index is 0.0598. The van der Waals surface area contributed by atoms with Crippen molar-refractivity contribution in [1.82, 2.24) is 9.97 Å². The number of nitrogen functional groups attached to an aromatic ring is 1. The maximum absolute atomic E-state index is 10.1. The van der Waals surface area contributed by atoms with Crippen molar-refractivity contribution >= 4 is 11.6 Å². The zero-order valence-corrected chi connectivity index (χ0v) is 12.9. The number of aromatic nitrogens is 2. The van der Waals surface area contributed by atoms with Crippen LogP contribution < -0.4 is 11.1 Å². The Morgan fingerprint density at radius 2 is 1.85 bits per heavy atom. The average molecular weight is 278 g/mol. The van der Waals surface area contributed by atoms with Crippen molar-refractivity contribution in [3.63, 3.8) is 0 Å². The summed E-state index contributed by atoms with van der Waals surface area (Å²) in [6.45, 7) is 8.11. The molecule has 0 aromatic carbocycles. The molecule has 0 aliphatic heterocycles. The van der Waals surface area contributed by atoms with E-state index in [-0.39, 0.29) is 17.6 Å². The van der Waals surface area contributed by atoms with Crippen molar-refractivity contribution in [3.8, 4) is 0 Å². The Kier molecular flexibility index (Phi) is 4.18. The first kappa shape index (κ1) is 15.0. The van der Waals surface area contributed by atoms with Crippen LogP contribution >= 0.6 is 0 Å². The predicted octanol–water partition coefficient (Wildman–Crippen LogP) is 2.38. The van der Waals surface area contributed by atoms with Gasteiger partial charge in [-0.15, -0.1) is 0 Å². The summed E-state index contributed by atoms with van der Waals surface area (Å²) in [4.78, 5) is 9.00. The summed E-state index contributed by atoms with van der Waals surface area (Å²) in [6, 6.07) is 0.0598. The molecular weight excluding hydrogens is 252 g/mol. The van der Waals surface area contributed by atoms with Crippen molar-refractivity contribution in [2.45, 2.75) is 70.9 Å². The summed E-state index contributed by atoms with van der Waals surface area (Å²) in [5.74, 6) is 2.00. The summed E-state index contributed by atoms with van der Waals surface area (Å²) in [5, 5.41) is 13.5. The van der Waals surface area contributed by atoms with E-state index in [0.29, 0.717) is 5.82 Å². The number of hydrogen-bond donors (Lipinski definition) is 3. The molecule has 4 N–H and O–H groups in total. The lowest BCUT2D eigenvalue weighted by atomic mass is 9.92. The highest BCUT2D eigenvalue weighted by Gasteiger charge is 2.26. The fourth-order valence-electron chi connectivity index (χ4n) is 2.47. The molecule has 112 valence electrons. The lowest BCUT2D eigenvalue weighted by Gasteiger charge is -2.30. The van der Waals surface area contributed by atoms with Crippen LogP contribution in [0, 0.1) is 6.92 Å². The lowest BCUT2D eigenvalue weighted by Crippen LogP contribution is -2.37. The third-order valence-electron chi connectivity index (χ3n) is 3.91. The molecule has 0 saturated heterocycles. The highest BCUT2D eigenvalue weighted by Crippen LogP contribution is 2.27. The maximum Gasteiger partial charge on any atom is 0.138 e. The van der Waals surface area contributed by atoms with Crippen LogP contribution in [0.2, 0.25) is 0 Å². The summed E-state index contributed by atoms with van der Waals surface area (Å²) < 4.78 is 0. The van der Waals surface area contributed by atoms with Crippen molar-refractivity contribution in [3.05, 3.63) is 11.4 Å². The maximum atomic E-state index is 10.1. The second-order valence-corrected chi connectivity index (χ2v) is 6.76. The third-order valence-corrected chi connectivity index (χ3v) is 3.91. The van der Waals surface area contributed by atoms with Gasteiger partial charge in [-0.25, -0.2) is 9.97 Å². The van der Waals surface area contributed by atoms with Gasteiger partial charge < -0.3 is 16.2 Å². The molecule has 1 fully saturated rings. The van der Waals surface area contributed by atoms with E-state index in [9.17, 15) is 5.11 Å². The lowest BCUT2D eigenvalue weighted by molar-refractivity contribution is 0.116. The van der Waals surface area contributed by atoms with E-state index >= 15 is 0 Å². The molecule has 5 heteroatoms. The van der Waals surface area contributed by atoms with Gasteiger partial charge in [0.25, 0.3) is 0 Å². The Morgan fingerprint density at radius 1 is 1.20 bits per heavy atom. The Morgan fingerprint density at radius 3 is 2.45 bits per heavy atom. The van der Waals surface area contributed by atoms with Crippen LogP contribution in [0.4, 0.5) is 11.6 Å². The van der Waals surface area contributed by atoms with Gasteiger partial charge in [0.15, 0.2) is 0 Å². The standard InChI is InChI=1S/C15H26N4O/c1-9-12(16)18-14(15(2,3)4)19-13(9)17-10-7-5-6-8-11(10)20/h10-11,20H,5-8H2,1-4H3,(H3,16,17,18,19). The third kappa shape index (κ3) is 3.20. The molecule has 5 nitrogen and oxygen atoms in total. The molecule has 0 bridgehead atoms. The van der Waals surface area contributed by atoms with E-state index in [1.807, 2.05) is 6.92 Å². The molecule has 20 heavy (non-hydrogen) atoms. The largest absolute Gasteiger partial charge is 0.391 e. The molecule has 0 spiro atoms. The molecular formula is C15H26N4O. The monoisotopic (exact) mass is 278 g/mol. The average Bonchev–Trinajstić information content (AvgIpc) is 2.36. The number of nitrogens with one attached hydrogen (secondary N) is 1. The quantitative estimate of drug-likeness (QED) is 0.773. The first-order valence-electron chi connectivity index (χ1n) is 7.38. The van der Waals surface area contributed by atoms with Crippen LogP contribution in [0.1, 0.15) is 57.8 Å². The Bertz CT molecular complexity index is 481. The van der Waals surface area contributed by atoms with E-state index in [4.69, 9.17) is 5.73 Å². The second kappa shape index (κ2) is 5.56. The summed E-state index contributed by atoms with van der Waals surface area (Å²) in [7, 11) is 0. The second-order valence-electron chi connectivity index (χ2n) is 6.76. The normalized spacial score (nSPS) is 23.6. The van der Waals surface area contributed by atoms with Gasteiger partial charge in [-0.1, -0.05) is 33.6 Å². The number of hydrogen-bond acceptors (Lipinski definition) is 5. The van der Waals surface area contributed by atoms with Crippen LogP contribution in [0.5, 0.6) is 0 Å². The SMILES string of the molecule is Cc1c(N)nc(C(C)(C)C)nc1NC1CCCCC1O. The minimum atomic E-state index is -0.308. The molecule has 0 amide bonds. The Balaban J connectivity index is 2.28. The number of nitrogens with zero attached hydrogens (tertiary/aromatic N) is 2. The first-order chi connectivity index (χ1) is 9.29. The van der Waals surface area contributed by atoms with E-state index in [1.165, 1.54) is 0 Å². The highest BCUT2D eigenvalue weighted by atomic mass is 16.3. The molecule has 2 atom stereocenters. The molecule has 1 heterocycles. The van der Waals surface area contributed by atoms with Crippen LogP contribution in [0.15, 0.2) is 0 Å². The fraction of sp³-hybridized carbons (Fsp3) is 0.733. The summed E-state index contributed by atoms with van der Waals surface area (Å²) in [6.07, 6.45) is 3.74. The predicted molar refractivity (Wildman–Crippen MR) is 81.8 cm³/mol. The van der Waals surface area contributed by atoms with Crippen molar-refractivity contribution in [2.24, 2.45) is 0 Å². The zero-order valence-electron chi connectivity index (χ0n) is 12.9. The number of nitrogens with two attached hydrogens (primary N) is 1. The van der Waals surface area contributed by atoms with Crippen LogP contribution in [-0.2, 0) is 5.41 Å². The fourth-order valence-corrected chi connectivity index (χ4v) is 2.47. The van der Waals surface area contributed by atoms with Crippen molar-refractivity contribution < 1.29 is 5.11 Å². The topological polar surface area (TPSA) is 84.1 Å². The van der Waals surface area contributed by atoms with Gasteiger partial charge >= 0.3 is 0 Å². The molecule has 1 aliphatic rings. The highest BCUT2D eigenvalue weighted by molar-refractivity contribution is 5.55. The molecule has 1 aliphatic carbocycles. The number of aliphatic hydroxyl groups is 1. The van der Waals surface area contributed by atoms with Gasteiger partial charge in [-0.05, 0) is 19.8 Å². The Labute approximate surface area is 121 Å². The van der Waals surface area contributed by atoms with Crippen LogP contribution in [0.3, 0.4) is 0 Å². The molecule has 0 radical (unpaired) electrons. The van der Waals surface area contributed by atoms with Gasteiger partial charge in [-0.3, -0.25) is 0 Å². The van der Waals surface area contributed by atoms with Crippen molar-refractivity contribution in [2.75, 3.05) is 11.1 Å². The van der Waals surface area contributed by atoms with E-state index < -0.39 is 0 Å². The zero-order chi connectivity index (χ0) is 14.9. The van der Waals surface area contributed by atoms with Crippen LogP contribution in [-0.4, -0.2) is 27.2 Å². The molecule has 1 saturated carbocycles. The molecule has 1 aromatic rings. The van der Waals surface area contributed by atoms with Gasteiger partial charge in [0.2, 0.25) is 0 Å². The summed E-state index contributed by atoms with van der Waals surface area (Å²) in [5.41, 5.74) is 6.71. The molecule has 1 aromatic heterocycles.